The van der Waals surface area contributed by atoms with Crippen molar-refractivity contribution in [3.05, 3.63) is 78.0 Å². The number of hydrogen-bond acceptors (Lipinski definition) is 6. The van der Waals surface area contributed by atoms with Gasteiger partial charge in [0.25, 0.3) is 0 Å². The van der Waals surface area contributed by atoms with Crippen LogP contribution in [0, 0.1) is 28.9 Å². The van der Waals surface area contributed by atoms with Gasteiger partial charge >= 0.3 is 0 Å². The van der Waals surface area contributed by atoms with Gasteiger partial charge in [-0.25, -0.2) is 8.78 Å². The molecular formula is C30H27F2N5O2. The van der Waals surface area contributed by atoms with E-state index in [1.165, 1.54) is 23.1 Å². The predicted octanol–water partition coefficient (Wildman–Crippen LogP) is 4.67. The standard InChI is InChI=1S/C30H27F2N5O2/c1-36(2)30(39)25-16-37(9-8-26(25)34)28-23-12-17(22-5-3-4-18(14-33)29(22)38)6-7-27(23)35-15-24(28)19-10-20(31)13-21(32)11-19/h3-7,10-13,15,25-26,38H,8-9,16,34H2,1-2H3/t25-,26-/m1/s1. The van der Waals surface area contributed by atoms with Gasteiger partial charge in [-0.15, -0.1) is 0 Å². The molecule has 2 heterocycles. The van der Waals surface area contributed by atoms with E-state index in [2.05, 4.69) is 4.98 Å². The number of phenolic OH excluding ortho intramolecular Hbond substituents is 1. The number of anilines is 1. The van der Waals surface area contributed by atoms with Gasteiger partial charge in [-0.3, -0.25) is 9.78 Å². The SMILES string of the molecule is CN(C)C(=O)[C@@H]1CN(c2c(-c3cc(F)cc(F)c3)cnc3ccc(-c4cccc(C#N)c4O)cc23)CC[C@H]1N. The molecule has 0 spiro atoms. The first-order chi connectivity index (χ1) is 18.7. The number of rotatable bonds is 4. The number of piperidine rings is 1. The van der Waals surface area contributed by atoms with Gasteiger partial charge in [-0.05, 0) is 47.9 Å². The van der Waals surface area contributed by atoms with Crippen molar-refractivity contribution in [3.63, 3.8) is 0 Å². The number of nitrogens with two attached hydrogens (primary N) is 1. The van der Waals surface area contributed by atoms with Crippen LogP contribution in [0.5, 0.6) is 5.75 Å². The van der Waals surface area contributed by atoms with Crippen molar-refractivity contribution in [2.24, 2.45) is 11.7 Å². The van der Waals surface area contributed by atoms with E-state index in [4.69, 9.17) is 5.73 Å². The average molecular weight is 528 g/mol. The van der Waals surface area contributed by atoms with Gasteiger partial charge in [0.15, 0.2) is 0 Å². The lowest BCUT2D eigenvalue weighted by atomic mass is 9.89. The summed E-state index contributed by atoms with van der Waals surface area (Å²) >= 11 is 0. The number of nitriles is 1. The highest BCUT2D eigenvalue weighted by Crippen LogP contribution is 2.41. The van der Waals surface area contributed by atoms with Crippen LogP contribution in [0.25, 0.3) is 33.2 Å². The van der Waals surface area contributed by atoms with E-state index >= 15 is 0 Å². The van der Waals surface area contributed by atoms with Gasteiger partial charge in [-0.1, -0.05) is 18.2 Å². The minimum absolute atomic E-state index is 0.0946. The summed E-state index contributed by atoms with van der Waals surface area (Å²) in [5.41, 5.74) is 9.69. The number of hydrogen-bond donors (Lipinski definition) is 2. The Hall–Kier alpha value is -4.55. The van der Waals surface area contributed by atoms with Crippen LogP contribution in [-0.4, -0.2) is 54.1 Å². The zero-order valence-electron chi connectivity index (χ0n) is 21.5. The Morgan fingerprint density at radius 2 is 1.85 bits per heavy atom. The molecular weight excluding hydrogens is 500 g/mol. The maximum Gasteiger partial charge on any atom is 0.228 e. The molecule has 1 aliphatic heterocycles. The Bertz CT molecular complexity index is 1610. The Morgan fingerprint density at radius 3 is 2.54 bits per heavy atom. The van der Waals surface area contributed by atoms with E-state index in [-0.39, 0.29) is 23.3 Å². The molecule has 0 bridgehead atoms. The molecule has 2 atom stereocenters. The summed E-state index contributed by atoms with van der Waals surface area (Å²) in [5, 5.41) is 20.8. The van der Waals surface area contributed by atoms with Gasteiger partial charge in [0.1, 0.15) is 23.5 Å². The number of amides is 1. The van der Waals surface area contributed by atoms with Gasteiger partial charge in [0.2, 0.25) is 5.91 Å². The number of aromatic nitrogens is 1. The molecule has 7 nitrogen and oxygen atoms in total. The summed E-state index contributed by atoms with van der Waals surface area (Å²) in [6.45, 7) is 0.823. The molecule has 1 aliphatic rings. The molecule has 39 heavy (non-hydrogen) atoms. The molecule has 3 N–H and O–H groups in total. The number of nitrogens with zero attached hydrogens (tertiary/aromatic N) is 4. The van der Waals surface area contributed by atoms with Crippen molar-refractivity contribution in [2.45, 2.75) is 12.5 Å². The second-order valence-corrected chi connectivity index (χ2v) is 9.96. The quantitative estimate of drug-likeness (QED) is 0.400. The lowest BCUT2D eigenvalue weighted by Crippen LogP contribution is -2.53. The Kier molecular flexibility index (Phi) is 6.89. The Morgan fingerprint density at radius 1 is 1.10 bits per heavy atom. The summed E-state index contributed by atoms with van der Waals surface area (Å²) in [6, 6.07) is 15.3. The molecule has 9 heteroatoms. The third-order valence-corrected chi connectivity index (χ3v) is 7.22. The van der Waals surface area contributed by atoms with Gasteiger partial charge in [0, 0.05) is 62.0 Å². The zero-order chi connectivity index (χ0) is 27.8. The van der Waals surface area contributed by atoms with Gasteiger partial charge in [-0.2, -0.15) is 5.26 Å². The van der Waals surface area contributed by atoms with Crippen molar-refractivity contribution >= 4 is 22.5 Å². The van der Waals surface area contributed by atoms with Crippen LogP contribution < -0.4 is 10.6 Å². The number of carbonyl (C=O) groups excluding carboxylic acids is 1. The van der Waals surface area contributed by atoms with Crippen molar-refractivity contribution in [3.8, 4) is 34.1 Å². The summed E-state index contributed by atoms with van der Waals surface area (Å²) in [7, 11) is 3.37. The van der Waals surface area contributed by atoms with Crippen LogP contribution in [0.3, 0.4) is 0 Å². The molecule has 1 aromatic heterocycles. The van der Waals surface area contributed by atoms with Crippen LogP contribution in [0.15, 0.2) is 60.8 Å². The first kappa shape index (κ1) is 26.1. The zero-order valence-corrected chi connectivity index (χ0v) is 21.5. The van der Waals surface area contributed by atoms with E-state index in [0.29, 0.717) is 58.4 Å². The maximum atomic E-state index is 14.3. The Balaban J connectivity index is 1.75. The third-order valence-electron chi connectivity index (χ3n) is 7.22. The lowest BCUT2D eigenvalue weighted by Gasteiger charge is -2.39. The number of aromatic hydroxyl groups is 1. The minimum Gasteiger partial charge on any atom is -0.506 e. The molecule has 0 radical (unpaired) electrons. The number of pyridine rings is 1. The molecule has 198 valence electrons. The van der Waals surface area contributed by atoms with Crippen LogP contribution in [0.4, 0.5) is 14.5 Å². The van der Waals surface area contributed by atoms with E-state index in [1.54, 1.807) is 44.6 Å². The number of carbonyl (C=O) groups is 1. The number of halogens is 2. The van der Waals surface area contributed by atoms with E-state index in [9.17, 15) is 23.9 Å². The molecule has 1 fully saturated rings. The first-order valence-electron chi connectivity index (χ1n) is 12.5. The lowest BCUT2D eigenvalue weighted by molar-refractivity contribution is -0.133. The molecule has 1 saturated heterocycles. The van der Waals surface area contributed by atoms with Crippen molar-refractivity contribution in [1.29, 1.82) is 5.26 Å². The van der Waals surface area contributed by atoms with Crippen LogP contribution >= 0.6 is 0 Å². The summed E-state index contributed by atoms with van der Waals surface area (Å²) < 4.78 is 28.6. The maximum absolute atomic E-state index is 14.3. The number of para-hydroxylation sites is 1. The van der Waals surface area contributed by atoms with Gasteiger partial charge < -0.3 is 20.6 Å². The van der Waals surface area contributed by atoms with Crippen molar-refractivity contribution in [1.82, 2.24) is 9.88 Å². The van der Waals surface area contributed by atoms with Gasteiger partial charge in [0.05, 0.1) is 22.7 Å². The summed E-state index contributed by atoms with van der Waals surface area (Å²) in [4.78, 5) is 21.1. The number of phenols is 1. The van der Waals surface area contributed by atoms with Crippen molar-refractivity contribution in [2.75, 3.05) is 32.1 Å². The molecule has 0 unspecified atom stereocenters. The molecule has 0 saturated carbocycles. The molecule has 4 aromatic rings. The second kappa shape index (κ2) is 10.3. The monoisotopic (exact) mass is 527 g/mol. The van der Waals surface area contributed by atoms with Crippen LogP contribution in [0.1, 0.15) is 12.0 Å². The molecule has 3 aromatic carbocycles. The van der Waals surface area contributed by atoms with E-state index in [1.807, 2.05) is 17.0 Å². The fourth-order valence-corrected chi connectivity index (χ4v) is 5.24. The number of fused-ring (bicyclic) bond motifs is 1. The number of benzene rings is 3. The average Bonchev–Trinajstić information content (AvgIpc) is 2.91. The van der Waals surface area contributed by atoms with Crippen LogP contribution in [0.2, 0.25) is 0 Å². The third kappa shape index (κ3) is 4.87. The van der Waals surface area contributed by atoms with E-state index in [0.717, 1.165) is 6.07 Å². The molecule has 5 rings (SSSR count). The largest absolute Gasteiger partial charge is 0.506 e. The fourth-order valence-electron chi connectivity index (χ4n) is 5.24. The highest BCUT2D eigenvalue weighted by molar-refractivity contribution is 6.02. The predicted molar refractivity (Wildman–Crippen MR) is 146 cm³/mol. The molecule has 1 amide bonds. The normalized spacial score (nSPS) is 17.2. The fraction of sp³-hybridized carbons (Fsp3) is 0.233. The highest BCUT2D eigenvalue weighted by atomic mass is 19.1. The minimum atomic E-state index is -0.718. The van der Waals surface area contributed by atoms with E-state index < -0.39 is 17.6 Å². The Labute approximate surface area is 224 Å². The summed E-state index contributed by atoms with van der Waals surface area (Å²) in [6.07, 6.45) is 2.12. The second-order valence-electron chi connectivity index (χ2n) is 9.96. The smallest absolute Gasteiger partial charge is 0.228 e. The highest BCUT2D eigenvalue weighted by Gasteiger charge is 2.34. The summed E-state index contributed by atoms with van der Waals surface area (Å²) in [5.74, 6) is -2.15. The molecule has 0 aliphatic carbocycles. The van der Waals surface area contributed by atoms with Crippen molar-refractivity contribution < 1.29 is 18.7 Å². The first-order valence-corrected chi connectivity index (χ1v) is 12.5. The van der Waals surface area contributed by atoms with Crippen LogP contribution in [-0.2, 0) is 4.79 Å². The topological polar surface area (TPSA) is 106 Å².